The molecule has 0 nitrogen and oxygen atoms in total. The molecule has 2 aliphatic rings. The Labute approximate surface area is 85.6 Å². The zero-order chi connectivity index (χ0) is 9.54. The van der Waals surface area contributed by atoms with Crippen LogP contribution in [0.15, 0.2) is 24.3 Å². The summed E-state index contributed by atoms with van der Waals surface area (Å²) in [5, 5.41) is 0. The van der Waals surface area contributed by atoms with Crippen molar-refractivity contribution in [1.82, 2.24) is 0 Å². The van der Waals surface area contributed by atoms with E-state index in [9.17, 15) is 0 Å². The maximum atomic E-state index is 2.37. The van der Waals surface area contributed by atoms with Crippen molar-refractivity contribution in [3.63, 3.8) is 0 Å². The van der Waals surface area contributed by atoms with Crippen LogP contribution in [0.1, 0.15) is 54.7 Å². The molecule has 2 atom stereocenters. The molecule has 2 aliphatic carbocycles. The van der Waals surface area contributed by atoms with Crippen LogP contribution in [-0.4, -0.2) is 0 Å². The summed E-state index contributed by atoms with van der Waals surface area (Å²) in [7, 11) is 0. The Balaban J connectivity index is 2.24. The fourth-order valence-electron chi connectivity index (χ4n) is 2.99. The molecule has 14 heavy (non-hydrogen) atoms. The van der Waals surface area contributed by atoms with E-state index in [-0.39, 0.29) is 0 Å². The SMILES string of the molecule is CC1CCC2CC=Cc3cccc1c32. The van der Waals surface area contributed by atoms with E-state index < -0.39 is 0 Å². The van der Waals surface area contributed by atoms with Crippen LogP contribution in [0.4, 0.5) is 0 Å². The maximum Gasteiger partial charge on any atom is -0.0118 e. The van der Waals surface area contributed by atoms with Gasteiger partial charge in [0.05, 0.1) is 0 Å². The maximum absolute atomic E-state index is 2.37. The van der Waals surface area contributed by atoms with Crippen LogP contribution in [0.2, 0.25) is 0 Å². The first-order valence-corrected chi connectivity index (χ1v) is 5.65. The Morgan fingerprint density at radius 3 is 3.07 bits per heavy atom. The van der Waals surface area contributed by atoms with Gasteiger partial charge < -0.3 is 0 Å². The van der Waals surface area contributed by atoms with Crippen LogP contribution in [0.25, 0.3) is 6.08 Å². The first-order chi connectivity index (χ1) is 6.86. The van der Waals surface area contributed by atoms with Gasteiger partial charge in [0.25, 0.3) is 0 Å². The van der Waals surface area contributed by atoms with Gasteiger partial charge in [-0.25, -0.2) is 0 Å². The second-order valence-corrected chi connectivity index (χ2v) is 4.66. The topological polar surface area (TPSA) is 0 Å². The third-order valence-corrected chi connectivity index (χ3v) is 3.78. The first-order valence-electron chi connectivity index (χ1n) is 5.65. The third-order valence-electron chi connectivity index (χ3n) is 3.78. The van der Waals surface area contributed by atoms with Crippen molar-refractivity contribution in [2.24, 2.45) is 0 Å². The van der Waals surface area contributed by atoms with Crippen molar-refractivity contribution in [3.05, 3.63) is 41.0 Å². The van der Waals surface area contributed by atoms with Crippen molar-refractivity contribution in [2.45, 2.75) is 38.0 Å². The minimum atomic E-state index is 0.771. The van der Waals surface area contributed by atoms with E-state index in [1.165, 1.54) is 24.8 Å². The van der Waals surface area contributed by atoms with Gasteiger partial charge in [-0.15, -0.1) is 0 Å². The van der Waals surface area contributed by atoms with Crippen molar-refractivity contribution in [3.8, 4) is 0 Å². The zero-order valence-electron chi connectivity index (χ0n) is 8.66. The van der Waals surface area contributed by atoms with Crippen molar-refractivity contribution in [1.29, 1.82) is 0 Å². The van der Waals surface area contributed by atoms with Crippen LogP contribution in [0, 0.1) is 0 Å². The molecule has 1 aromatic carbocycles. The highest BCUT2D eigenvalue weighted by atomic mass is 14.3. The van der Waals surface area contributed by atoms with Gasteiger partial charge in [0.2, 0.25) is 0 Å². The summed E-state index contributed by atoms with van der Waals surface area (Å²) in [5.74, 6) is 1.59. The second-order valence-electron chi connectivity index (χ2n) is 4.66. The normalized spacial score (nSPS) is 28.6. The second kappa shape index (κ2) is 2.98. The Morgan fingerprint density at radius 2 is 2.14 bits per heavy atom. The molecular formula is C14H16. The van der Waals surface area contributed by atoms with E-state index in [0.29, 0.717) is 0 Å². The van der Waals surface area contributed by atoms with Crippen molar-refractivity contribution < 1.29 is 0 Å². The molecule has 0 bridgehead atoms. The van der Waals surface area contributed by atoms with Gasteiger partial charge in [-0.05, 0) is 47.8 Å². The van der Waals surface area contributed by atoms with E-state index in [2.05, 4.69) is 37.3 Å². The molecule has 0 heteroatoms. The van der Waals surface area contributed by atoms with Gasteiger partial charge in [0, 0.05) is 0 Å². The summed E-state index contributed by atoms with van der Waals surface area (Å²) in [5.41, 5.74) is 4.75. The molecule has 0 spiro atoms. The van der Waals surface area contributed by atoms with Gasteiger partial charge in [0.1, 0.15) is 0 Å². The lowest BCUT2D eigenvalue weighted by Gasteiger charge is -2.32. The molecule has 0 amide bonds. The highest BCUT2D eigenvalue weighted by Crippen LogP contribution is 2.44. The average Bonchev–Trinajstić information content (AvgIpc) is 2.24. The predicted molar refractivity (Wildman–Crippen MR) is 60.5 cm³/mol. The van der Waals surface area contributed by atoms with Crippen LogP contribution < -0.4 is 0 Å². The lowest BCUT2D eigenvalue weighted by Crippen LogP contribution is -2.15. The number of hydrogen-bond acceptors (Lipinski definition) is 0. The molecule has 0 N–H and O–H groups in total. The molecule has 0 heterocycles. The van der Waals surface area contributed by atoms with E-state index in [1.54, 1.807) is 11.1 Å². The Kier molecular flexibility index (Phi) is 1.76. The average molecular weight is 184 g/mol. The molecule has 72 valence electrons. The van der Waals surface area contributed by atoms with Crippen molar-refractivity contribution >= 4 is 6.08 Å². The zero-order valence-corrected chi connectivity index (χ0v) is 8.66. The van der Waals surface area contributed by atoms with E-state index in [0.717, 1.165) is 11.8 Å². The summed E-state index contributed by atoms with van der Waals surface area (Å²) < 4.78 is 0. The molecule has 0 radical (unpaired) electrons. The first kappa shape index (κ1) is 8.28. The Morgan fingerprint density at radius 1 is 1.21 bits per heavy atom. The van der Waals surface area contributed by atoms with Crippen LogP contribution in [0.5, 0.6) is 0 Å². The van der Waals surface area contributed by atoms with E-state index in [4.69, 9.17) is 0 Å². The number of allylic oxidation sites excluding steroid dienone is 1. The van der Waals surface area contributed by atoms with E-state index in [1.807, 2.05) is 0 Å². The molecule has 0 saturated heterocycles. The van der Waals surface area contributed by atoms with Gasteiger partial charge in [-0.1, -0.05) is 37.3 Å². The Hall–Kier alpha value is -1.04. The summed E-state index contributed by atoms with van der Waals surface area (Å²) in [4.78, 5) is 0. The molecular weight excluding hydrogens is 168 g/mol. The third kappa shape index (κ3) is 1.06. The van der Waals surface area contributed by atoms with E-state index >= 15 is 0 Å². The van der Waals surface area contributed by atoms with Crippen molar-refractivity contribution in [2.75, 3.05) is 0 Å². The Bertz CT molecular complexity index is 387. The minimum absolute atomic E-state index is 0.771. The molecule has 3 rings (SSSR count). The lowest BCUT2D eigenvalue weighted by molar-refractivity contribution is 0.502. The smallest absolute Gasteiger partial charge is 0.0118 e. The van der Waals surface area contributed by atoms with Gasteiger partial charge >= 0.3 is 0 Å². The molecule has 0 fully saturated rings. The highest BCUT2D eigenvalue weighted by molar-refractivity contribution is 5.61. The number of hydrogen-bond donors (Lipinski definition) is 0. The number of benzene rings is 1. The molecule has 0 aromatic heterocycles. The molecule has 1 aromatic rings. The largest absolute Gasteiger partial charge is 0.0833 e. The van der Waals surface area contributed by atoms with Gasteiger partial charge in [0.15, 0.2) is 0 Å². The minimum Gasteiger partial charge on any atom is -0.0833 e. The number of rotatable bonds is 0. The van der Waals surface area contributed by atoms with Crippen LogP contribution in [-0.2, 0) is 0 Å². The summed E-state index contributed by atoms with van der Waals surface area (Å²) in [6.07, 6.45) is 8.65. The summed E-state index contributed by atoms with van der Waals surface area (Å²) in [6.45, 7) is 2.37. The monoisotopic (exact) mass is 184 g/mol. The molecule has 2 unspecified atom stereocenters. The summed E-state index contributed by atoms with van der Waals surface area (Å²) in [6, 6.07) is 6.80. The standard InChI is InChI=1S/C14H16/c1-10-8-9-12-5-2-4-11-6-3-7-13(10)14(11)12/h2-4,6-7,10,12H,5,8-9H2,1H3. The summed E-state index contributed by atoms with van der Waals surface area (Å²) >= 11 is 0. The van der Waals surface area contributed by atoms with Crippen LogP contribution in [0.3, 0.4) is 0 Å². The predicted octanol–water partition coefficient (Wildman–Crippen LogP) is 4.08. The van der Waals surface area contributed by atoms with Crippen LogP contribution >= 0.6 is 0 Å². The molecule has 0 aliphatic heterocycles. The quantitative estimate of drug-likeness (QED) is 0.570. The highest BCUT2D eigenvalue weighted by Gasteiger charge is 2.27. The van der Waals surface area contributed by atoms with Gasteiger partial charge in [-0.3, -0.25) is 0 Å². The lowest BCUT2D eigenvalue weighted by atomic mass is 9.72. The molecule has 0 saturated carbocycles. The fourth-order valence-corrected chi connectivity index (χ4v) is 2.99. The van der Waals surface area contributed by atoms with Gasteiger partial charge in [-0.2, -0.15) is 0 Å². The fraction of sp³-hybridized carbons (Fsp3) is 0.429.